The Bertz CT molecular complexity index is 2990. The molecular formula is C56H45BN2. The summed E-state index contributed by atoms with van der Waals surface area (Å²) in [6.45, 7) is 0.119. The van der Waals surface area contributed by atoms with E-state index >= 15 is 0 Å². The molecular weight excluding hydrogens is 711 g/mol. The second-order valence-electron chi connectivity index (χ2n) is 19.6. The smallest absolute Gasteiger partial charge is 0.252 e. The summed E-state index contributed by atoms with van der Waals surface area (Å²) in [4.78, 5) is 5.40. The third-order valence-corrected chi connectivity index (χ3v) is 17.4. The molecule has 7 aromatic rings. The molecule has 0 N–H and O–H groups in total. The number of para-hydroxylation sites is 3. The first kappa shape index (κ1) is 32.1. The van der Waals surface area contributed by atoms with Crippen molar-refractivity contribution in [1.29, 1.82) is 0 Å². The van der Waals surface area contributed by atoms with Gasteiger partial charge < -0.3 is 9.80 Å². The normalized spacial score (nSPS) is 27.5. The molecule has 7 aromatic carbocycles. The highest BCUT2D eigenvalue weighted by Gasteiger charge is 2.60. The van der Waals surface area contributed by atoms with E-state index in [1.54, 1.807) is 22.3 Å². The van der Waals surface area contributed by atoms with Crippen molar-refractivity contribution in [1.82, 2.24) is 0 Å². The van der Waals surface area contributed by atoms with Gasteiger partial charge in [-0.05, 0) is 160 Å². The molecule has 6 atom stereocenters. The minimum absolute atomic E-state index is 0.0462. The maximum Gasteiger partial charge on any atom is 0.252 e. The molecule has 0 aromatic heterocycles. The number of fused-ring (bicyclic) bond motifs is 21. The van der Waals surface area contributed by atoms with Crippen molar-refractivity contribution in [2.75, 3.05) is 9.80 Å². The predicted octanol–water partition coefficient (Wildman–Crippen LogP) is 11.9. The number of hydrogen-bond acceptors (Lipinski definition) is 2. The maximum atomic E-state index is 2.75. The minimum Gasteiger partial charge on any atom is -0.311 e. The van der Waals surface area contributed by atoms with E-state index in [9.17, 15) is 0 Å². The maximum absolute atomic E-state index is 2.75. The van der Waals surface area contributed by atoms with E-state index in [2.05, 4.69) is 161 Å². The Labute approximate surface area is 347 Å². The number of hydrogen-bond donors (Lipinski definition) is 0. The number of benzene rings is 7. The lowest BCUT2D eigenvalue weighted by molar-refractivity contribution is 0.327. The SMILES string of the molecule is c1ccc(N2c3ccccc3B3c4ccccc4N(c4ccc5c(c4)[C@]4(C[C@H]6CC[C@@H]4C6)c4ccccc4-5)c4cc5c(c2c43)-c2ccccc2[C@@]52C[C@@H]3CCC2C3)cc1. The first-order valence-electron chi connectivity index (χ1n) is 22.6. The molecule has 0 amide bonds. The van der Waals surface area contributed by atoms with Gasteiger partial charge in [-0.15, -0.1) is 0 Å². The highest BCUT2D eigenvalue weighted by atomic mass is 15.2. The van der Waals surface area contributed by atoms with Gasteiger partial charge in [0, 0.05) is 44.8 Å². The van der Waals surface area contributed by atoms with Crippen LogP contribution >= 0.6 is 0 Å². The van der Waals surface area contributed by atoms with Crippen LogP contribution < -0.4 is 26.2 Å². The van der Waals surface area contributed by atoms with Crippen molar-refractivity contribution in [2.24, 2.45) is 23.7 Å². The molecule has 1 unspecified atom stereocenters. The molecule has 6 aliphatic carbocycles. The van der Waals surface area contributed by atoms with Crippen LogP contribution in [-0.4, -0.2) is 6.71 Å². The van der Waals surface area contributed by atoms with Gasteiger partial charge in [-0.25, -0.2) is 0 Å². The van der Waals surface area contributed by atoms with Crippen LogP contribution in [0, 0.1) is 23.7 Å². The Balaban J connectivity index is 1.06. The van der Waals surface area contributed by atoms with E-state index in [-0.39, 0.29) is 17.5 Å². The molecule has 0 radical (unpaired) electrons. The van der Waals surface area contributed by atoms with Gasteiger partial charge in [0.15, 0.2) is 0 Å². The summed E-state index contributed by atoms with van der Waals surface area (Å²) in [6.07, 6.45) is 10.8. The van der Waals surface area contributed by atoms with Crippen LogP contribution in [0.2, 0.25) is 0 Å². The fourth-order valence-corrected chi connectivity index (χ4v) is 15.5. The summed E-state index contributed by atoms with van der Waals surface area (Å²) in [5.41, 5.74) is 24.6. The van der Waals surface area contributed by atoms with Crippen molar-refractivity contribution in [3.63, 3.8) is 0 Å². The summed E-state index contributed by atoms with van der Waals surface area (Å²) in [5.74, 6) is 3.05. The van der Waals surface area contributed by atoms with Gasteiger partial charge in [-0.1, -0.05) is 122 Å². The van der Waals surface area contributed by atoms with E-state index in [1.165, 1.54) is 124 Å². The topological polar surface area (TPSA) is 6.48 Å². The molecule has 8 aliphatic rings. The summed E-state index contributed by atoms with van der Waals surface area (Å²) in [6, 6.07) is 59.5. The Kier molecular flexibility index (Phi) is 6.02. The van der Waals surface area contributed by atoms with Gasteiger partial charge in [0.2, 0.25) is 0 Å². The molecule has 2 spiro atoms. The largest absolute Gasteiger partial charge is 0.311 e. The first-order chi connectivity index (χ1) is 29.2. The fourth-order valence-electron chi connectivity index (χ4n) is 15.5. The van der Waals surface area contributed by atoms with E-state index in [4.69, 9.17) is 0 Å². The Morgan fingerprint density at radius 2 is 1.02 bits per heavy atom. The monoisotopic (exact) mass is 756 g/mol. The first-order valence-corrected chi connectivity index (χ1v) is 22.6. The average Bonchev–Trinajstić information content (AvgIpc) is 4.17. The van der Waals surface area contributed by atoms with Crippen LogP contribution in [0.3, 0.4) is 0 Å². The molecule has 2 nitrogen and oxygen atoms in total. The van der Waals surface area contributed by atoms with Gasteiger partial charge >= 0.3 is 0 Å². The Morgan fingerprint density at radius 3 is 1.69 bits per heavy atom. The van der Waals surface area contributed by atoms with Crippen molar-refractivity contribution < 1.29 is 0 Å². The van der Waals surface area contributed by atoms with E-state index in [1.807, 2.05) is 0 Å². The van der Waals surface area contributed by atoms with Crippen LogP contribution in [0.5, 0.6) is 0 Å². The summed E-state index contributed by atoms with van der Waals surface area (Å²) in [5, 5.41) is 0. The molecule has 2 aliphatic heterocycles. The zero-order chi connectivity index (χ0) is 38.2. The quantitative estimate of drug-likeness (QED) is 0.162. The minimum atomic E-state index is 0.0462. The Morgan fingerprint density at radius 1 is 0.441 bits per heavy atom. The highest BCUT2D eigenvalue weighted by Crippen LogP contribution is 2.69. The molecule has 15 rings (SSSR count). The van der Waals surface area contributed by atoms with Gasteiger partial charge in [-0.2, -0.15) is 0 Å². The van der Waals surface area contributed by atoms with Crippen molar-refractivity contribution in [3.8, 4) is 22.3 Å². The van der Waals surface area contributed by atoms with E-state index < -0.39 is 0 Å². The van der Waals surface area contributed by atoms with Crippen molar-refractivity contribution in [2.45, 2.75) is 62.2 Å². The lowest BCUT2D eigenvalue weighted by Crippen LogP contribution is -2.61. The van der Waals surface area contributed by atoms with Gasteiger partial charge in [0.05, 0.1) is 5.69 Å². The fraction of sp³-hybridized carbons (Fsp3) is 0.250. The predicted molar refractivity (Wildman–Crippen MR) is 244 cm³/mol. The standard InChI is InChI=1S/C56H45BN2/c1-2-12-38(13-3-1)59-50-21-11-9-19-48(50)57-47-18-8-10-20-49(47)58(39-26-27-41-40-14-4-6-16-43(40)55(45(41)30-39)32-34-22-24-36(55)28-34)51-31-46-52(54(59)53(51)57)42-15-5-7-17-44(42)56(46)33-35-23-25-37(56)29-35/h1-21,26-27,30-31,34-37H,22-25,28-29,32-33H2/t34-,35+,36+,37?,55-,56-/m0/s1. The second kappa shape index (κ2) is 11.1. The van der Waals surface area contributed by atoms with Crippen LogP contribution in [-0.2, 0) is 10.8 Å². The Hall–Kier alpha value is -5.80. The lowest BCUT2D eigenvalue weighted by atomic mass is 9.33. The van der Waals surface area contributed by atoms with Crippen LogP contribution in [0.15, 0.2) is 152 Å². The van der Waals surface area contributed by atoms with Crippen LogP contribution in [0.4, 0.5) is 34.1 Å². The molecule has 0 saturated heterocycles. The van der Waals surface area contributed by atoms with Crippen LogP contribution in [0.1, 0.15) is 73.6 Å². The van der Waals surface area contributed by atoms with E-state index in [0.29, 0.717) is 5.92 Å². The third-order valence-electron chi connectivity index (χ3n) is 17.4. The summed E-state index contributed by atoms with van der Waals surface area (Å²) < 4.78 is 0. The van der Waals surface area contributed by atoms with E-state index in [0.717, 1.165) is 17.8 Å². The van der Waals surface area contributed by atoms with Crippen molar-refractivity contribution >= 4 is 57.2 Å². The molecule has 4 bridgehead atoms. The number of nitrogens with zero attached hydrogens (tertiary/aromatic N) is 2. The van der Waals surface area contributed by atoms with Gasteiger partial charge in [0.25, 0.3) is 6.71 Å². The van der Waals surface area contributed by atoms with Crippen molar-refractivity contribution in [3.05, 3.63) is 174 Å². The molecule has 59 heavy (non-hydrogen) atoms. The van der Waals surface area contributed by atoms with Crippen LogP contribution in [0.25, 0.3) is 22.3 Å². The molecule has 4 fully saturated rings. The summed E-state index contributed by atoms with van der Waals surface area (Å²) >= 11 is 0. The number of anilines is 6. The lowest BCUT2D eigenvalue weighted by Gasteiger charge is -2.46. The third kappa shape index (κ3) is 3.75. The summed E-state index contributed by atoms with van der Waals surface area (Å²) in [7, 11) is 0. The molecule has 4 saturated carbocycles. The number of rotatable bonds is 2. The zero-order valence-corrected chi connectivity index (χ0v) is 33.4. The highest BCUT2D eigenvalue weighted by molar-refractivity contribution is 7.00. The zero-order valence-electron chi connectivity index (χ0n) is 33.4. The second-order valence-corrected chi connectivity index (χ2v) is 19.6. The average molecular weight is 757 g/mol. The van der Waals surface area contributed by atoms with Gasteiger partial charge in [0.1, 0.15) is 0 Å². The molecule has 282 valence electrons. The molecule has 2 heterocycles. The van der Waals surface area contributed by atoms with Gasteiger partial charge in [-0.3, -0.25) is 0 Å². The molecule has 3 heteroatoms.